The Morgan fingerprint density at radius 3 is 1.97 bits per heavy atom. The predicted molar refractivity (Wildman–Crippen MR) is 167 cm³/mol. The highest BCUT2D eigenvalue weighted by Crippen LogP contribution is 2.31. The molecule has 0 bridgehead atoms. The Labute approximate surface area is 241 Å². The van der Waals surface area contributed by atoms with Crippen LogP contribution in [-0.4, -0.2) is 41.7 Å². The van der Waals surface area contributed by atoms with Gasteiger partial charge in [-0.05, 0) is 74.0 Å². The number of ether oxygens (including phenoxy) is 1. The van der Waals surface area contributed by atoms with E-state index >= 15 is 0 Å². The summed E-state index contributed by atoms with van der Waals surface area (Å²) in [4.78, 5) is 7.39. The first kappa shape index (κ1) is 31.4. The number of pyridine rings is 1. The number of rotatable bonds is 19. The molecule has 2 aromatic carbocycles. The van der Waals surface area contributed by atoms with E-state index in [1.165, 1.54) is 77.0 Å². The van der Waals surface area contributed by atoms with Gasteiger partial charge in [0.1, 0.15) is 5.75 Å². The van der Waals surface area contributed by atoms with Crippen molar-refractivity contribution in [3.8, 4) is 17.0 Å². The average molecular weight is 553 g/mol. The molecule has 0 saturated carbocycles. The lowest BCUT2D eigenvalue weighted by Gasteiger charge is -2.26. The minimum absolute atomic E-state index is 0.603. The van der Waals surface area contributed by atoms with Crippen LogP contribution < -0.4 is 4.74 Å². The minimum Gasteiger partial charge on any atom is -0.497 e. The van der Waals surface area contributed by atoms with Crippen LogP contribution in [0, 0.1) is 0 Å². The molecule has 3 aromatic rings. The zero-order valence-electron chi connectivity index (χ0n) is 24.4. The van der Waals surface area contributed by atoms with E-state index < -0.39 is 6.10 Å². The van der Waals surface area contributed by atoms with Crippen molar-refractivity contribution in [1.82, 2.24) is 9.88 Å². The fraction of sp³-hybridized carbons (Fsp3) is 0.559. The van der Waals surface area contributed by atoms with Gasteiger partial charge in [0.15, 0.2) is 0 Å². The number of nitrogens with zero attached hydrogens (tertiary/aromatic N) is 2. The summed E-state index contributed by atoms with van der Waals surface area (Å²) in [6, 6.07) is 15.7. The summed E-state index contributed by atoms with van der Waals surface area (Å²) in [7, 11) is 1.67. The highest BCUT2D eigenvalue weighted by atomic mass is 35.5. The number of methoxy groups -OCH3 is 1. The summed E-state index contributed by atoms with van der Waals surface area (Å²) in [6.07, 6.45) is 14.8. The quantitative estimate of drug-likeness (QED) is 0.150. The number of aromatic nitrogens is 1. The Morgan fingerprint density at radius 1 is 0.795 bits per heavy atom. The van der Waals surface area contributed by atoms with E-state index in [9.17, 15) is 5.11 Å². The third-order valence-electron chi connectivity index (χ3n) is 7.64. The Bertz CT molecular complexity index is 1090. The number of aliphatic hydroxyl groups excluding tert-OH is 1. The summed E-state index contributed by atoms with van der Waals surface area (Å²) >= 11 is 6.35. The highest BCUT2D eigenvalue weighted by Gasteiger charge is 2.18. The molecule has 0 radical (unpaired) electrons. The Kier molecular flexibility index (Phi) is 14.1. The average Bonchev–Trinajstić information content (AvgIpc) is 2.95. The van der Waals surface area contributed by atoms with Crippen LogP contribution in [0.15, 0.2) is 48.5 Å². The number of benzene rings is 2. The van der Waals surface area contributed by atoms with Crippen molar-refractivity contribution in [2.75, 3.05) is 26.7 Å². The van der Waals surface area contributed by atoms with E-state index in [-0.39, 0.29) is 0 Å². The second-order valence-electron chi connectivity index (χ2n) is 10.8. The zero-order valence-corrected chi connectivity index (χ0v) is 25.2. The lowest BCUT2D eigenvalue weighted by molar-refractivity contribution is 0.111. The number of unbranched alkanes of at least 4 members (excludes halogenated alkanes) is 10. The largest absolute Gasteiger partial charge is 0.497 e. The topological polar surface area (TPSA) is 45.6 Å². The summed E-state index contributed by atoms with van der Waals surface area (Å²) in [5, 5.41) is 13.2. The molecule has 39 heavy (non-hydrogen) atoms. The molecule has 0 unspecified atom stereocenters. The molecule has 0 saturated heterocycles. The molecule has 4 nitrogen and oxygen atoms in total. The molecule has 5 heteroatoms. The normalized spacial score (nSPS) is 12.4. The van der Waals surface area contributed by atoms with Crippen LogP contribution in [-0.2, 0) is 0 Å². The minimum atomic E-state index is -0.603. The van der Waals surface area contributed by atoms with Gasteiger partial charge < -0.3 is 14.7 Å². The Hall–Kier alpha value is -2.14. The van der Waals surface area contributed by atoms with Crippen LogP contribution in [0.2, 0.25) is 5.02 Å². The van der Waals surface area contributed by atoms with E-state index in [1.54, 1.807) is 7.11 Å². The fourth-order valence-corrected chi connectivity index (χ4v) is 5.45. The molecule has 1 aromatic heterocycles. The predicted octanol–water partition coefficient (Wildman–Crippen LogP) is 9.62. The van der Waals surface area contributed by atoms with Crippen LogP contribution in [0.3, 0.4) is 0 Å². The first-order valence-corrected chi connectivity index (χ1v) is 15.6. The molecule has 214 valence electrons. The van der Waals surface area contributed by atoms with E-state index in [2.05, 4.69) is 24.8 Å². The van der Waals surface area contributed by atoms with Gasteiger partial charge in [0.25, 0.3) is 0 Å². The first-order valence-electron chi connectivity index (χ1n) is 15.2. The maximum Gasteiger partial charge on any atom is 0.118 e. The van der Waals surface area contributed by atoms with Gasteiger partial charge in [-0.2, -0.15) is 0 Å². The molecular weight excluding hydrogens is 504 g/mol. The lowest BCUT2D eigenvalue weighted by atomic mass is 9.99. The van der Waals surface area contributed by atoms with Crippen molar-refractivity contribution in [2.24, 2.45) is 0 Å². The molecule has 1 atom stereocenters. The SMILES string of the molecule is CCCCCCCCN(CCCCCCCC)C[C@H](O)c1cc(-c2ccc(OC)cc2)nc2cc(Cl)ccc12. The van der Waals surface area contributed by atoms with Crippen LogP contribution in [0.25, 0.3) is 22.2 Å². The van der Waals surface area contributed by atoms with Gasteiger partial charge in [-0.1, -0.05) is 95.7 Å². The maximum atomic E-state index is 11.6. The molecule has 3 rings (SSSR count). The highest BCUT2D eigenvalue weighted by molar-refractivity contribution is 6.31. The van der Waals surface area contributed by atoms with Gasteiger partial charge in [-0.3, -0.25) is 0 Å². The molecule has 0 aliphatic rings. The van der Waals surface area contributed by atoms with Crippen molar-refractivity contribution in [2.45, 2.75) is 97.0 Å². The van der Waals surface area contributed by atoms with Gasteiger partial charge in [0.05, 0.1) is 24.4 Å². The van der Waals surface area contributed by atoms with Crippen LogP contribution in [0.1, 0.15) is 103 Å². The molecule has 0 spiro atoms. The summed E-state index contributed by atoms with van der Waals surface area (Å²) in [5.74, 6) is 0.808. The summed E-state index contributed by atoms with van der Waals surface area (Å²) in [6.45, 7) is 7.24. The molecular formula is C34H49ClN2O2. The van der Waals surface area contributed by atoms with Gasteiger partial charge in [0.2, 0.25) is 0 Å². The van der Waals surface area contributed by atoms with Gasteiger partial charge in [0, 0.05) is 22.5 Å². The van der Waals surface area contributed by atoms with E-state index in [1.807, 2.05) is 42.5 Å². The number of hydrogen-bond donors (Lipinski definition) is 1. The Morgan fingerprint density at radius 2 is 1.38 bits per heavy atom. The second-order valence-corrected chi connectivity index (χ2v) is 11.3. The smallest absolute Gasteiger partial charge is 0.118 e. The van der Waals surface area contributed by atoms with Gasteiger partial charge in [-0.25, -0.2) is 4.98 Å². The molecule has 0 aliphatic carbocycles. The maximum absolute atomic E-state index is 11.6. The standard InChI is InChI=1S/C34H49ClN2O2/c1-4-6-8-10-12-14-22-37(23-15-13-11-9-7-5-2)26-34(38)31-25-32(27-16-19-29(39-3)20-17-27)36-33-24-28(35)18-21-30(31)33/h16-21,24-25,34,38H,4-15,22-23,26H2,1-3H3/t34-/m0/s1. The number of halogens is 1. The van der Waals surface area contributed by atoms with Crippen LogP contribution in [0.5, 0.6) is 5.75 Å². The van der Waals surface area contributed by atoms with Crippen molar-refractivity contribution in [3.63, 3.8) is 0 Å². The van der Waals surface area contributed by atoms with E-state index in [0.717, 1.165) is 46.6 Å². The molecule has 1 N–H and O–H groups in total. The van der Waals surface area contributed by atoms with Crippen molar-refractivity contribution >= 4 is 22.5 Å². The van der Waals surface area contributed by atoms with Crippen molar-refractivity contribution in [3.05, 3.63) is 59.1 Å². The van der Waals surface area contributed by atoms with Crippen molar-refractivity contribution < 1.29 is 9.84 Å². The third-order valence-corrected chi connectivity index (χ3v) is 7.87. The molecule has 0 amide bonds. The van der Waals surface area contributed by atoms with Crippen LogP contribution in [0.4, 0.5) is 0 Å². The number of hydrogen-bond acceptors (Lipinski definition) is 4. The Balaban J connectivity index is 1.77. The molecule has 0 aliphatic heterocycles. The second kappa shape index (κ2) is 17.5. The summed E-state index contributed by atoms with van der Waals surface area (Å²) in [5.41, 5.74) is 3.55. The number of aliphatic hydroxyl groups is 1. The fourth-order valence-electron chi connectivity index (χ4n) is 5.28. The zero-order chi connectivity index (χ0) is 27.9. The number of fused-ring (bicyclic) bond motifs is 1. The molecule has 1 heterocycles. The third kappa shape index (κ3) is 10.4. The van der Waals surface area contributed by atoms with Crippen molar-refractivity contribution in [1.29, 1.82) is 0 Å². The van der Waals surface area contributed by atoms with Crippen LogP contribution >= 0.6 is 11.6 Å². The van der Waals surface area contributed by atoms with Gasteiger partial charge in [-0.15, -0.1) is 0 Å². The van der Waals surface area contributed by atoms with E-state index in [0.29, 0.717) is 11.6 Å². The monoisotopic (exact) mass is 552 g/mol. The van der Waals surface area contributed by atoms with Gasteiger partial charge >= 0.3 is 0 Å². The lowest BCUT2D eigenvalue weighted by Crippen LogP contribution is -2.31. The first-order chi connectivity index (χ1) is 19.0. The summed E-state index contributed by atoms with van der Waals surface area (Å²) < 4.78 is 5.33. The van der Waals surface area contributed by atoms with E-state index in [4.69, 9.17) is 21.3 Å². The molecule has 0 fully saturated rings.